The fraction of sp³-hybridized carbons (Fsp3) is 0.778. The van der Waals surface area contributed by atoms with Crippen molar-refractivity contribution in [1.29, 1.82) is 0 Å². The summed E-state index contributed by atoms with van der Waals surface area (Å²) < 4.78 is 4.82. The largest absolute Gasteiger partial charge is 0.392 e. The number of hydrogen-bond donors (Lipinski definition) is 2. The van der Waals surface area contributed by atoms with Crippen molar-refractivity contribution < 1.29 is 9.63 Å². The zero-order valence-electron chi connectivity index (χ0n) is 8.23. The van der Waals surface area contributed by atoms with Crippen LogP contribution in [0.25, 0.3) is 0 Å². The number of aliphatic hydroxyl groups excluding tert-OH is 1. The summed E-state index contributed by atoms with van der Waals surface area (Å²) in [6.07, 6.45) is 2.09. The van der Waals surface area contributed by atoms with E-state index >= 15 is 0 Å². The lowest BCUT2D eigenvalue weighted by Crippen LogP contribution is -2.28. The van der Waals surface area contributed by atoms with Gasteiger partial charge in [-0.3, -0.25) is 0 Å². The fourth-order valence-corrected chi connectivity index (χ4v) is 1.39. The van der Waals surface area contributed by atoms with Gasteiger partial charge in [0.25, 0.3) is 0 Å². The van der Waals surface area contributed by atoms with Crippen molar-refractivity contribution >= 4 is 0 Å². The summed E-state index contributed by atoms with van der Waals surface area (Å²) >= 11 is 0. The van der Waals surface area contributed by atoms with E-state index in [9.17, 15) is 5.11 Å². The van der Waals surface area contributed by atoms with Crippen molar-refractivity contribution in [3.63, 3.8) is 0 Å². The number of hydrogen-bond acceptors (Lipinski definition) is 5. The molecule has 14 heavy (non-hydrogen) atoms. The van der Waals surface area contributed by atoms with E-state index in [1.807, 2.05) is 0 Å². The molecule has 78 valence electrons. The molecule has 2 rings (SSSR count). The van der Waals surface area contributed by atoms with E-state index in [0.29, 0.717) is 30.7 Å². The first-order valence-electron chi connectivity index (χ1n) is 4.93. The van der Waals surface area contributed by atoms with Crippen molar-refractivity contribution in [1.82, 2.24) is 15.5 Å². The van der Waals surface area contributed by atoms with Gasteiger partial charge in [-0.2, -0.15) is 4.98 Å². The maximum atomic E-state index is 9.55. The molecular formula is C9H15N3O2. The van der Waals surface area contributed by atoms with Gasteiger partial charge in [-0.1, -0.05) is 5.16 Å². The van der Waals surface area contributed by atoms with Gasteiger partial charge in [-0.05, 0) is 18.8 Å². The van der Waals surface area contributed by atoms with Crippen LogP contribution in [0, 0.1) is 12.8 Å². The Hall–Kier alpha value is -0.940. The Kier molecular flexibility index (Phi) is 2.79. The van der Waals surface area contributed by atoms with E-state index < -0.39 is 0 Å². The smallest absolute Gasteiger partial charge is 0.223 e. The third-order valence-corrected chi connectivity index (χ3v) is 2.37. The summed E-state index contributed by atoms with van der Waals surface area (Å²) in [6, 6.07) is 0. The lowest BCUT2D eigenvalue weighted by Gasteiger charge is -2.08. The van der Waals surface area contributed by atoms with Gasteiger partial charge in [-0.25, -0.2) is 0 Å². The molecule has 0 saturated heterocycles. The van der Waals surface area contributed by atoms with Crippen LogP contribution >= 0.6 is 0 Å². The van der Waals surface area contributed by atoms with Crippen LogP contribution in [0.3, 0.4) is 0 Å². The summed E-state index contributed by atoms with van der Waals surface area (Å²) in [4.78, 5) is 4.05. The van der Waals surface area contributed by atoms with E-state index in [1.165, 1.54) is 0 Å². The second-order valence-electron chi connectivity index (χ2n) is 3.77. The second-order valence-corrected chi connectivity index (χ2v) is 3.77. The Morgan fingerprint density at radius 3 is 3.00 bits per heavy atom. The van der Waals surface area contributed by atoms with Gasteiger partial charge < -0.3 is 14.9 Å². The highest BCUT2D eigenvalue weighted by molar-refractivity contribution is 4.85. The quantitative estimate of drug-likeness (QED) is 0.707. The van der Waals surface area contributed by atoms with Crippen LogP contribution in [0.5, 0.6) is 0 Å². The van der Waals surface area contributed by atoms with Crippen molar-refractivity contribution in [3.8, 4) is 0 Å². The minimum Gasteiger partial charge on any atom is -0.392 e. The minimum absolute atomic E-state index is 0.219. The summed E-state index contributed by atoms with van der Waals surface area (Å²) in [5, 5.41) is 16.4. The molecule has 1 aromatic heterocycles. The van der Waals surface area contributed by atoms with Crippen molar-refractivity contribution in [2.75, 3.05) is 6.54 Å². The molecule has 1 aromatic rings. The molecule has 2 N–H and O–H groups in total. The van der Waals surface area contributed by atoms with E-state index in [1.54, 1.807) is 6.92 Å². The van der Waals surface area contributed by atoms with Gasteiger partial charge in [0.15, 0.2) is 5.82 Å². The summed E-state index contributed by atoms with van der Waals surface area (Å²) in [5.41, 5.74) is 0. The van der Waals surface area contributed by atoms with Crippen LogP contribution in [-0.4, -0.2) is 27.9 Å². The van der Waals surface area contributed by atoms with E-state index in [4.69, 9.17) is 4.52 Å². The first kappa shape index (κ1) is 9.61. The molecule has 0 aliphatic heterocycles. The van der Waals surface area contributed by atoms with Crippen LogP contribution in [0.2, 0.25) is 0 Å². The van der Waals surface area contributed by atoms with Gasteiger partial charge in [0.05, 0.1) is 12.6 Å². The molecule has 0 aromatic carbocycles. The number of aryl methyl sites for hydroxylation is 1. The van der Waals surface area contributed by atoms with Crippen molar-refractivity contribution in [2.45, 2.75) is 32.4 Å². The standard InChI is InChI=1S/C9H15N3O2/c1-6-11-9(12-14-6)5-10-4-8(13)7-2-3-7/h7-8,10,13H,2-5H2,1H3. The van der Waals surface area contributed by atoms with Gasteiger partial charge in [0, 0.05) is 13.5 Å². The van der Waals surface area contributed by atoms with E-state index in [-0.39, 0.29) is 6.10 Å². The third kappa shape index (κ3) is 2.52. The van der Waals surface area contributed by atoms with Crippen molar-refractivity contribution in [3.05, 3.63) is 11.7 Å². The highest BCUT2D eigenvalue weighted by Crippen LogP contribution is 2.32. The van der Waals surface area contributed by atoms with Crippen LogP contribution < -0.4 is 5.32 Å². The molecule has 1 fully saturated rings. The zero-order chi connectivity index (χ0) is 9.97. The van der Waals surface area contributed by atoms with Crippen LogP contribution in [0.15, 0.2) is 4.52 Å². The van der Waals surface area contributed by atoms with Gasteiger partial charge in [0.1, 0.15) is 0 Å². The second kappa shape index (κ2) is 4.06. The minimum atomic E-state index is -0.219. The number of rotatable bonds is 5. The monoisotopic (exact) mass is 197 g/mol. The first-order chi connectivity index (χ1) is 6.75. The topological polar surface area (TPSA) is 71.2 Å². The molecule has 0 spiro atoms. The molecule has 1 saturated carbocycles. The summed E-state index contributed by atoms with van der Waals surface area (Å²) in [7, 11) is 0. The normalized spacial score (nSPS) is 18.4. The van der Waals surface area contributed by atoms with Crippen LogP contribution in [0.1, 0.15) is 24.6 Å². The first-order valence-corrected chi connectivity index (χ1v) is 4.93. The Morgan fingerprint density at radius 1 is 1.64 bits per heavy atom. The molecule has 5 nitrogen and oxygen atoms in total. The number of aromatic nitrogens is 2. The Bertz CT molecular complexity index is 296. The Balaban J connectivity index is 1.67. The molecule has 1 unspecified atom stereocenters. The average molecular weight is 197 g/mol. The maximum Gasteiger partial charge on any atom is 0.223 e. The summed E-state index contributed by atoms with van der Waals surface area (Å²) in [6.45, 7) is 2.93. The lowest BCUT2D eigenvalue weighted by molar-refractivity contribution is 0.148. The van der Waals surface area contributed by atoms with E-state index in [2.05, 4.69) is 15.5 Å². The third-order valence-electron chi connectivity index (χ3n) is 2.37. The SMILES string of the molecule is Cc1nc(CNCC(O)C2CC2)no1. The lowest BCUT2D eigenvalue weighted by atomic mass is 10.2. The Labute approximate surface area is 82.5 Å². The van der Waals surface area contributed by atoms with Gasteiger partial charge >= 0.3 is 0 Å². The molecule has 1 aliphatic rings. The maximum absolute atomic E-state index is 9.55. The molecule has 1 heterocycles. The number of nitrogens with zero attached hydrogens (tertiary/aromatic N) is 2. The number of nitrogens with one attached hydrogen (secondary N) is 1. The van der Waals surface area contributed by atoms with Gasteiger partial charge in [0.2, 0.25) is 5.89 Å². The highest BCUT2D eigenvalue weighted by atomic mass is 16.5. The number of aliphatic hydroxyl groups is 1. The van der Waals surface area contributed by atoms with E-state index in [0.717, 1.165) is 12.8 Å². The van der Waals surface area contributed by atoms with Crippen LogP contribution in [-0.2, 0) is 6.54 Å². The predicted molar refractivity (Wildman–Crippen MR) is 49.5 cm³/mol. The molecule has 1 aliphatic carbocycles. The fourth-order valence-electron chi connectivity index (χ4n) is 1.39. The highest BCUT2D eigenvalue weighted by Gasteiger charge is 2.29. The molecular weight excluding hydrogens is 182 g/mol. The van der Waals surface area contributed by atoms with Gasteiger partial charge in [-0.15, -0.1) is 0 Å². The summed E-state index contributed by atoms with van der Waals surface area (Å²) in [5.74, 6) is 1.73. The average Bonchev–Trinajstić information content (AvgIpc) is 2.92. The molecule has 5 heteroatoms. The molecule has 0 radical (unpaired) electrons. The zero-order valence-corrected chi connectivity index (χ0v) is 8.23. The van der Waals surface area contributed by atoms with Crippen LogP contribution in [0.4, 0.5) is 0 Å². The Morgan fingerprint density at radius 2 is 2.43 bits per heavy atom. The molecule has 1 atom stereocenters. The predicted octanol–water partition coefficient (Wildman–Crippen LogP) is 0.239. The molecule has 0 amide bonds. The molecule has 0 bridgehead atoms. The van der Waals surface area contributed by atoms with Crippen molar-refractivity contribution in [2.24, 2.45) is 5.92 Å².